The minimum absolute atomic E-state index is 0.0370. The number of carbonyl (C=O) groups is 2. The van der Waals surface area contributed by atoms with E-state index in [1.807, 2.05) is 12.1 Å². The van der Waals surface area contributed by atoms with Crippen LogP contribution in [0, 0.1) is 17.8 Å². The summed E-state index contributed by atoms with van der Waals surface area (Å²) < 4.78 is 42.9. The van der Waals surface area contributed by atoms with E-state index in [0.29, 0.717) is 30.9 Å². The Bertz CT molecular complexity index is 863. The highest BCUT2D eigenvalue weighted by molar-refractivity contribution is 5.92. The molecule has 12 heteroatoms. The van der Waals surface area contributed by atoms with Crippen molar-refractivity contribution >= 4 is 17.7 Å². The van der Waals surface area contributed by atoms with Gasteiger partial charge in [-0.05, 0) is 24.0 Å². The molecule has 4 heterocycles. The first kappa shape index (κ1) is 22.7. The summed E-state index contributed by atoms with van der Waals surface area (Å²) >= 11 is 0. The Morgan fingerprint density at radius 2 is 2.03 bits per heavy atom. The van der Waals surface area contributed by atoms with Crippen molar-refractivity contribution in [1.29, 1.82) is 0 Å². The smallest absolute Gasteiger partial charge is 0.475 e. The summed E-state index contributed by atoms with van der Waals surface area (Å²) in [5, 5.41) is 9.98. The van der Waals surface area contributed by atoms with Crippen LogP contribution in [0.3, 0.4) is 0 Å². The monoisotopic (exact) mass is 442 g/mol. The fraction of sp³-hybridized carbons (Fsp3) is 0.474. The number of rotatable bonds is 4. The number of alkyl halides is 3. The topological polar surface area (TPSA) is 118 Å². The van der Waals surface area contributed by atoms with Crippen molar-refractivity contribution in [1.82, 2.24) is 14.9 Å². The van der Waals surface area contributed by atoms with Crippen molar-refractivity contribution in [3.8, 4) is 0 Å². The van der Waals surface area contributed by atoms with E-state index in [2.05, 4.69) is 20.2 Å². The van der Waals surface area contributed by atoms with Crippen molar-refractivity contribution < 1.29 is 37.0 Å². The highest BCUT2D eigenvalue weighted by Crippen LogP contribution is 2.35. The van der Waals surface area contributed by atoms with Crippen LogP contribution in [0.15, 0.2) is 41.4 Å². The first-order valence-electron chi connectivity index (χ1n) is 9.43. The van der Waals surface area contributed by atoms with Crippen LogP contribution in [-0.4, -0.2) is 64.3 Å². The molecule has 4 rings (SSSR count). The van der Waals surface area contributed by atoms with Gasteiger partial charge in [0.1, 0.15) is 5.76 Å². The molecule has 31 heavy (non-hydrogen) atoms. The number of hydrogen-bond acceptors (Lipinski definition) is 7. The Hall–Kier alpha value is -2.99. The number of carboxylic acid groups (broad SMARTS) is 1. The van der Waals surface area contributed by atoms with E-state index < -0.39 is 12.1 Å². The second-order valence-electron chi connectivity index (χ2n) is 7.22. The molecule has 2 aliphatic heterocycles. The molecule has 0 aromatic carbocycles. The highest BCUT2D eigenvalue weighted by Gasteiger charge is 2.44. The predicted molar refractivity (Wildman–Crippen MR) is 99.6 cm³/mol. The van der Waals surface area contributed by atoms with Crippen molar-refractivity contribution in [2.45, 2.75) is 12.7 Å². The van der Waals surface area contributed by atoms with Crippen LogP contribution in [0.25, 0.3) is 0 Å². The minimum atomic E-state index is -5.08. The van der Waals surface area contributed by atoms with E-state index in [1.165, 1.54) is 0 Å². The second kappa shape index (κ2) is 9.88. The van der Waals surface area contributed by atoms with Crippen molar-refractivity contribution in [3.05, 3.63) is 42.7 Å². The summed E-state index contributed by atoms with van der Waals surface area (Å²) in [5.41, 5.74) is 0. The fourth-order valence-corrected chi connectivity index (χ4v) is 3.70. The quantitative estimate of drug-likeness (QED) is 0.739. The molecule has 0 aliphatic carbocycles. The zero-order valence-corrected chi connectivity index (χ0v) is 16.3. The second-order valence-corrected chi connectivity index (χ2v) is 7.22. The van der Waals surface area contributed by atoms with Crippen molar-refractivity contribution in [3.63, 3.8) is 0 Å². The van der Waals surface area contributed by atoms with E-state index in [0.717, 1.165) is 25.4 Å². The Kier molecular flexibility index (Phi) is 7.23. The van der Waals surface area contributed by atoms with Gasteiger partial charge in [0.05, 0.1) is 38.1 Å². The highest BCUT2D eigenvalue weighted by atomic mass is 19.4. The molecule has 2 aliphatic rings. The van der Waals surface area contributed by atoms with Gasteiger partial charge in [0.15, 0.2) is 5.82 Å². The Labute approximate surface area is 175 Å². The molecule has 0 saturated carbocycles. The van der Waals surface area contributed by atoms with E-state index in [-0.39, 0.29) is 11.8 Å². The van der Waals surface area contributed by atoms with Crippen molar-refractivity contribution in [2.75, 3.05) is 31.6 Å². The number of carbonyl (C=O) groups excluding carboxylic acids is 1. The number of anilines is 1. The lowest BCUT2D eigenvalue weighted by atomic mass is 9.82. The maximum Gasteiger partial charge on any atom is 0.490 e. The lowest BCUT2D eigenvalue weighted by Crippen LogP contribution is -2.42. The van der Waals surface area contributed by atoms with Gasteiger partial charge in [-0.1, -0.05) is 0 Å². The molecule has 0 unspecified atom stereocenters. The molecule has 0 bridgehead atoms. The summed E-state index contributed by atoms with van der Waals surface area (Å²) in [6.45, 7) is 3.77. The lowest BCUT2D eigenvalue weighted by Gasteiger charge is -2.31. The third-order valence-electron chi connectivity index (χ3n) is 5.07. The molecule has 0 spiro atoms. The first-order valence-corrected chi connectivity index (χ1v) is 9.43. The predicted octanol–water partition coefficient (Wildman–Crippen LogP) is 2.04. The minimum Gasteiger partial charge on any atom is -0.475 e. The summed E-state index contributed by atoms with van der Waals surface area (Å²) in [7, 11) is 0. The Balaban J connectivity index is 0.000000339. The van der Waals surface area contributed by atoms with Gasteiger partial charge in [0, 0.05) is 25.5 Å². The number of nitrogens with zero attached hydrogens (tertiary/aromatic N) is 3. The summed E-state index contributed by atoms with van der Waals surface area (Å²) in [4.78, 5) is 32.0. The van der Waals surface area contributed by atoms with Gasteiger partial charge in [-0.3, -0.25) is 14.7 Å². The molecule has 1 amide bonds. The number of nitrogens with one attached hydrogen (secondary N) is 1. The Morgan fingerprint density at radius 3 is 2.65 bits per heavy atom. The van der Waals surface area contributed by atoms with Gasteiger partial charge in [-0.2, -0.15) is 13.2 Å². The van der Waals surface area contributed by atoms with Crippen LogP contribution in [0.5, 0.6) is 0 Å². The molecule has 2 N–H and O–H groups in total. The average Bonchev–Trinajstić information content (AvgIpc) is 3.37. The summed E-state index contributed by atoms with van der Waals surface area (Å²) in [6, 6.07) is 3.88. The van der Waals surface area contributed by atoms with Gasteiger partial charge < -0.3 is 19.6 Å². The number of hydrogen-bond donors (Lipinski definition) is 2. The maximum atomic E-state index is 12.6. The zero-order valence-electron chi connectivity index (χ0n) is 16.3. The molecule has 9 nitrogen and oxygen atoms in total. The van der Waals surface area contributed by atoms with Crippen LogP contribution >= 0.6 is 0 Å². The number of ether oxygens (including phenoxy) is 1. The first-order chi connectivity index (χ1) is 14.7. The normalized spacial score (nSPS) is 23.4. The zero-order chi connectivity index (χ0) is 22.4. The van der Waals surface area contributed by atoms with Gasteiger partial charge in [0.25, 0.3) is 0 Å². The maximum absolute atomic E-state index is 12.6. The number of amides is 1. The van der Waals surface area contributed by atoms with Crippen LogP contribution in [0.4, 0.5) is 19.0 Å². The largest absolute Gasteiger partial charge is 0.490 e. The molecule has 2 saturated heterocycles. The number of likely N-dealkylation sites (tertiary alicyclic amines) is 1. The van der Waals surface area contributed by atoms with Crippen molar-refractivity contribution in [2.24, 2.45) is 17.8 Å². The van der Waals surface area contributed by atoms with Crippen LogP contribution in [0.2, 0.25) is 0 Å². The van der Waals surface area contributed by atoms with Gasteiger partial charge in [0.2, 0.25) is 5.91 Å². The van der Waals surface area contributed by atoms with E-state index in [4.69, 9.17) is 19.1 Å². The third kappa shape index (κ3) is 6.25. The van der Waals surface area contributed by atoms with Gasteiger partial charge in [-0.25, -0.2) is 9.78 Å². The molecular weight excluding hydrogens is 421 g/mol. The number of aromatic nitrogens is 2. The fourth-order valence-electron chi connectivity index (χ4n) is 3.70. The SMILES string of the molecule is O=C(Nc1cnccn1)[C@@H]1COC[C@H]2CN(Cc3ccco3)C[C@H]21.O=C(O)C(F)(F)F. The van der Waals surface area contributed by atoms with E-state index in [9.17, 15) is 18.0 Å². The van der Waals surface area contributed by atoms with E-state index >= 15 is 0 Å². The molecule has 0 radical (unpaired) electrons. The number of fused-ring (bicyclic) bond motifs is 1. The summed E-state index contributed by atoms with van der Waals surface area (Å²) in [6.07, 6.45) is 1.31. The number of aliphatic carboxylic acids is 1. The molecule has 2 aromatic rings. The molecule has 168 valence electrons. The molecule has 3 atom stereocenters. The van der Waals surface area contributed by atoms with Crippen LogP contribution in [0.1, 0.15) is 5.76 Å². The number of halogens is 3. The summed E-state index contributed by atoms with van der Waals surface area (Å²) in [5.74, 6) is -0.841. The average molecular weight is 442 g/mol. The molecular formula is C19H21F3N4O5. The van der Waals surface area contributed by atoms with E-state index in [1.54, 1.807) is 24.9 Å². The standard InChI is InChI=1S/C17H20N4O3.C2HF3O2/c22-17(20-16-6-18-3-4-19-16)15-11-23-10-12-7-21(9-14(12)15)8-13-2-1-5-24-13;3-2(4,5)1(6)7/h1-6,12,14-15H,7-11H2,(H,19,20,22);(H,6,7)/t12-,14-,15-;/m1./s1. The Morgan fingerprint density at radius 1 is 1.26 bits per heavy atom. The number of furan rings is 1. The lowest BCUT2D eigenvalue weighted by molar-refractivity contribution is -0.192. The van der Waals surface area contributed by atoms with Gasteiger partial charge >= 0.3 is 12.1 Å². The number of carboxylic acids is 1. The molecule has 2 aromatic heterocycles. The van der Waals surface area contributed by atoms with Gasteiger partial charge in [-0.15, -0.1) is 0 Å². The third-order valence-corrected chi connectivity index (χ3v) is 5.07. The van der Waals surface area contributed by atoms with Crippen LogP contribution in [-0.2, 0) is 20.9 Å². The van der Waals surface area contributed by atoms with Crippen LogP contribution < -0.4 is 5.32 Å². The molecule has 2 fully saturated rings.